The molecular weight excluding hydrogens is 355 g/mol. The number of rotatable bonds is 2. The molecule has 5 heteroatoms. The van der Waals surface area contributed by atoms with Crippen LogP contribution in [0, 0.1) is 11.7 Å². The van der Waals surface area contributed by atoms with Crippen molar-refractivity contribution in [2.45, 2.75) is 31.4 Å². The Morgan fingerprint density at radius 2 is 1.75 bits per heavy atom. The van der Waals surface area contributed by atoms with Crippen molar-refractivity contribution in [3.05, 3.63) is 71.0 Å². The highest BCUT2D eigenvalue weighted by atomic mass is 19.1. The fourth-order valence-electron chi connectivity index (χ4n) is 5.01. The number of ether oxygens (including phenoxy) is 1. The van der Waals surface area contributed by atoms with Gasteiger partial charge in [-0.15, -0.1) is 0 Å². The van der Waals surface area contributed by atoms with E-state index in [0.29, 0.717) is 12.5 Å². The number of halogens is 1. The Morgan fingerprint density at radius 3 is 2.46 bits per heavy atom. The predicted octanol–water partition coefficient (Wildman–Crippen LogP) is 4.00. The minimum Gasteiger partial charge on any atom is -0.444 e. The molecule has 0 aromatic heterocycles. The fourth-order valence-corrected chi connectivity index (χ4v) is 5.01. The minimum absolute atomic E-state index is 0.0129. The molecule has 0 aliphatic carbocycles. The van der Waals surface area contributed by atoms with Gasteiger partial charge in [0.05, 0.1) is 6.04 Å². The van der Waals surface area contributed by atoms with Gasteiger partial charge in [0.15, 0.2) is 0 Å². The monoisotopic (exact) mass is 380 g/mol. The fraction of sp³-hybridized carbons (Fsp3) is 0.435. The lowest BCUT2D eigenvalue weighted by Gasteiger charge is -2.45. The van der Waals surface area contributed by atoms with E-state index in [-0.39, 0.29) is 24.1 Å². The third-order valence-electron chi connectivity index (χ3n) is 6.55. The molecule has 4 aliphatic heterocycles. The molecule has 0 N–H and O–H groups in total. The number of hydrogen-bond donors (Lipinski definition) is 0. The number of nitrogens with zero attached hydrogens (tertiary/aromatic N) is 2. The lowest BCUT2D eigenvalue weighted by Crippen LogP contribution is -2.53. The molecule has 146 valence electrons. The van der Waals surface area contributed by atoms with Crippen molar-refractivity contribution >= 4 is 6.09 Å². The number of carbonyl (C=O) groups is 1. The van der Waals surface area contributed by atoms with E-state index in [2.05, 4.69) is 17.0 Å². The van der Waals surface area contributed by atoms with E-state index in [1.807, 2.05) is 17.0 Å². The summed E-state index contributed by atoms with van der Waals surface area (Å²) in [5, 5.41) is 0. The van der Waals surface area contributed by atoms with Crippen molar-refractivity contribution < 1.29 is 13.9 Å². The van der Waals surface area contributed by atoms with Crippen molar-refractivity contribution in [3.8, 4) is 0 Å². The molecular formula is C23H25FN2O2. The second-order valence-electron chi connectivity index (χ2n) is 8.16. The molecule has 4 aliphatic rings. The third-order valence-corrected chi connectivity index (χ3v) is 6.55. The van der Waals surface area contributed by atoms with Crippen LogP contribution in [0.5, 0.6) is 0 Å². The van der Waals surface area contributed by atoms with Gasteiger partial charge in [-0.1, -0.05) is 36.4 Å². The minimum atomic E-state index is -0.269. The Hall–Kier alpha value is -2.40. The number of hydrogen-bond acceptors (Lipinski definition) is 3. The molecule has 2 bridgehead atoms. The van der Waals surface area contributed by atoms with Crippen LogP contribution < -0.4 is 0 Å². The molecule has 0 spiro atoms. The number of piperidine rings is 3. The van der Waals surface area contributed by atoms with E-state index >= 15 is 0 Å². The SMILES string of the molecule is O=C(OC1CN2CCC1CC2)N1CCc2ccccc2[C@H]1c1ccc(F)cc1. The van der Waals surface area contributed by atoms with Crippen molar-refractivity contribution in [1.82, 2.24) is 9.80 Å². The van der Waals surface area contributed by atoms with Gasteiger partial charge in [0.2, 0.25) is 0 Å². The first-order chi connectivity index (χ1) is 13.7. The molecule has 2 aromatic carbocycles. The van der Waals surface area contributed by atoms with Crippen LogP contribution in [-0.2, 0) is 11.2 Å². The van der Waals surface area contributed by atoms with Crippen LogP contribution >= 0.6 is 0 Å². The van der Waals surface area contributed by atoms with E-state index in [9.17, 15) is 9.18 Å². The summed E-state index contributed by atoms with van der Waals surface area (Å²) >= 11 is 0. The molecule has 2 atom stereocenters. The molecule has 1 unspecified atom stereocenters. The highest BCUT2D eigenvalue weighted by molar-refractivity contribution is 5.70. The zero-order valence-corrected chi connectivity index (χ0v) is 15.9. The van der Waals surface area contributed by atoms with Gasteiger partial charge in [-0.2, -0.15) is 0 Å². The Kier molecular flexibility index (Phi) is 4.55. The quantitative estimate of drug-likeness (QED) is 0.789. The van der Waals surface area contributed by atoms with E-state index in [1.165, 1.54) is 17.7 Å². The first kappa shape index (κ1) is 17.7. The number of benzene rings is 2. The van der Waals surface area contributed by atoms with Crippen LogP contribution in [0.4, 0.5) is 9.18 Å². The van der Waals surface area contributed by atoms with Gasteiger partial charge in [-0.25, -0.2) is 9.18 Å². The smallest absolute Gasteiger partial charge is 0.410 e. The van der Waals surface area contributed by atoms with E-state index in [4.69, 9.17) is 4.74 Å². The summed E-state index contributed by atoms with van der Waals surface area (Å²) in [5.74, 6) is 0.213. The summed E-state index contributed by atoms with van der Waals surface area (Å²) in [6.45, 7) is 3.70. The average molecular weight is 380 g/mol. The van der Waals surface area contributed by atoms with Crippen LogP contribution in [0.25, 0.3) is 0 Å². The zero-order valence-electron chi connectivity index (χ0n) is 15.9. The third kappa shape index (κ3) is 3.18. The van der Waals surface area contributed by atoms with Gasteiger partial charge in [-0.3, -0.25) is 9.80 Å². The molecule has 6 rings (SSSR count). The van der Waals surface area contributed by atoms with E-state index < -0.39 is 0 Å². The molecule has 3 saturated heterocycles. The Labute approximate surface area is 164 Å². The van der Waals surface area contributed by atoms with Crippen LogP contribution in [0.15, 0.2) is 48.5 Å². The van der Waals surface area contributed by atoms with Crippen LogP contribution in [0.3, 0.4) is 0 Å². The topological polar surface area (TPSA) is 32.8 Å². The summed E-state index contributed by atoms with van der Waals surface area (Å²) in [4.78, 5) is 17.4. The molecule has 3 fully saturated rings. The zero-order chi connectivity index (χ0) is 19.1. The van der Waals surface area contributed by atoms with Crippen molar-refractivity contribution in [2.75, 3.05) is 26.2 Å². The molecule has 0 radical (unpaired) electrons. The van der Waals surface area contributed by atoms with Gasteiger partial charge >= 0.3 is 6.09 Å². The van der Waals surface area contributed by atoms with Gasteiger partial charge < -0.3 is 4.74 Å². The van der Waals surface area contributed by atoms with Crippen molar-refractivity contribution in [2.24, 2.45) is 5.92 Å². The number of carbonyl (C=O) groups excluding carboxylic acids is 1. The first-order valence-corrected chi connectivity index (χ1v) is 10.2. The second-order valence-corrected chi connectivity index (χ2v) is 8.16. The lowest BCUT2D eigenvalue weighted by molar-refractivity contribution is -0.0462. The Balaban J connectivity index is 1.43. The van der Waals surface area contributed by atoms with Gasteiger partial charge in [0.1, 0.15) is 11.9 Å². The summed E-state index contributed by atoms with van der Waals surface area (Å²) in [7, 11) is 0. The maximum Gasteiger partial charge on any atom is 0.410 e. The molecule has 2 aromatic rings. The molecule has 1 amide bonds. The van der Waals surface area contributed by atoms with Gasteiger partial charge in [0.25, 0.3) is 0 Å². The Morgan fingerprint density at radius 1 is 1.00 bits per heavy atom. The maximum absolute atomic E-state index is 13.5. The van der Waals surface area contributed by atoms with Crippen LogP contribution in [0.1, 0.15) is 35.6 Å². The Bertz CT molecular complexity index is 861. The van der Waals surface area contributed by atoms with Crippen LogP contribution in [-0.4, -0.2) is 48.2 Å². The lowest BCUT2D eigenvalue weighted by atomic mass is 9.86. The van der Waals surface area contributed by atoms with Crippen molar-refractivity contribution in [1.29, 1.82) is 0 Å². The average Bonchev–Trinajstić information content (AvgIpc) is 2.74. The molecule has 4 nitrogen and oxygen atoms in total. The van der Waals surface area contributed by atoms with Gasteiger partial charge in [-0.05, 0) is 67.1 Å². The van der Waals surface area contributed by atoms with E-state index in [1.54, 1.807) is 12.1 Å². The summed E-state index contributed by atoms with van der Waals surface area (Å²) in [6.07, 6.45) is 2.77. The highest BCUT2D eigenvalue weighted by Crippen LogP contribution is 2.37. The molecule has 28 heavy (non-hydrogen) atoms. The number of fused-ring (bicyclic) bond motifs is 4. The summed E-state index contributed by atoms with van der Waals surface area (Å²) < 4.78 is 19.5. The maximum atomic E-state index is 13.5. The predicted molar refractivity (Wildman–Crippen MR) is 105 cm³/mol. The summed E-state index contributed by atoms with van der Waals surface area (Å²) in [5.41, 5.74) is 3.26. The summed E-state index contributed by atoms with van der Waals surface area (Å²) in [6, 6.07) is 14.4. The normalized spacial score (nSPS) is 28.7. The standard InChI is InChI=1S/C23H25FN2O2/c24-19-7-5-18(6-8-19)22-20-4-2-1-3-16(20)11-14-26(22)23(27)28-21-15-25-12-9-17(21)10-13-25/h1-8,17,21-22H,9-15H2/t21?,22-/m1/s1. The first-order valence-electron chi connectivity index (χ1n) is 10.2. The van der Waals surface area contributed by atoms with Gasteiger partial charge in [0, 0.05) is 13.1 Å². The van der Waals surface area contributed by atoms with E-state index in [0.717, 1.165) is 50.0 Å². The van der Waals surface area contributed by atoms with Crippen molar-refractivity contribution in [3.63, 3.8) is 0 Å². The molecule has 0 saturated carbocycles. The number of amides is 1. The largest absolute Gasteiger partial charge is 0.444 e. The highest BCUT2D eigenvalue weighted by Gasteiger charge is 2.39. The second kappa shape index (κ2) is 7.21. The molecule has 4 heterocycles. The van der Waals surface area contributed by atoms with Crippen LogP contribution in [0.2, 0.25) is 0 Å².